The van der Waals surface area contributed by atoms with Crippen LogP contribution in [0.1, 0.15) is 57.8 Å². The van der Waals surface area contributed by atoms with E-state index in [1.165, 1.54) is 25.7 Å². The monoisotopic (exact) mass is 342 g/mol. The Morgan fingerprint density at radius 3 is 2.13 bits per heavy atom. The third-order valence-corrected chi connectivity index (χ3v) is 7.58. The first-order chi connectivity index (χ1) is 11.0. The van der Waals surface area contributed by atoms with Gasteiger partial charge in [0.05, 0.1) is 11.5 Å². The number of carbonyl (C=O) groups is 1. The van der Waals surface area contributed by atoms with Crippen molar-refractivity contribution in [3.05, 3.63) is 0 Å². The van der Waals surface area contributed by atoms with Crippen LogP contribution in [0.2, 0.25) is 0 Å². The molecule has 132 valence electrons. The summed E-state index contributed by atoms with van der Waals surface area (Å²) in [5.74, 6) is 0.995. The molecule has 3 aliphatic rings. The maximum atomic E-state index is 12.5. The molecule has 6 heteroatoms. The van der Waals surface area contributed by atoms with Gasteiger partial charge in [-0.3, -0.25) is 9.69 Å². The summed E-state index contributed by atoms with van der Waals surface area (Å²) in [5, 5.41) is 3.27. The lowest BCUT2D eigenvalue weighted by Crippen LogP contribution is -2.46. The van der Waals surface area contributed by atoms with E-state index in [4.69, 9.17) is 0 Å². The van der Waals surface area contributed by atoms with E-state index in [1.807, 2.05) is 0 Å². The Balaban J connectivity index is 1.44. The van der Waals surface area contributed by atoms with Crippen LogP contribution in [0.25, 0.3) is 0 Å². The number of carbonyl (C=O) groups excluding carboxylic acids is 1. The van der Waals surface area contributed by atoms with Crippen molar-refractivity contribution < 1.29 is 13.2 Å². The SMILES string of the molecule is O=C(NC1CCCCCC1)C1CCN([C@H]2CCS(=O)(=O)C2)CC1. The number of nitrogens with one attached hydrogen (secondary N) is 1. The summed E-state index contributed by atoms with van der Waals surface area (Å²) in [4.78, 5) is 14.8. The highest BCUT2D eigenvalue weighted by Crippen LogP contribution is 2.25. The van der Waals surface area contributed by atoms with Crippen molar-refractivity contribution in [3.8, 4) is 0 Å². The maximum Gasteiger partial charge on any atom is 0.223 e. The summed E-state index contributed by atoms with van der Waals surface area (Å²) in [6.45, 7) is 1.73. The summed E-state index contributed by atoms with van der Waals surface area (Å²) in [5.41, 5.74) is 0. The summed E-state index contributed by atoms with van der Waals surface area (Å²) >= 11 is 0. The fraction of sp³-hybridized carbons (Fsp3) is 0.941. The van der Waals surface area contributed by atoms with Gasteiger partial charge in [-0.05, 0) is 45.2 Å². The summed E-state index contributed by atoms with van der Waals surface area (Å²) < 4.78 is 23.2. The van der Waals surface area contributed by atoms with Crippen molar-refractivity contribution in [3.63, 3.8) is 0 Å². The van der Waals surface area contributed by atoms with E-state index in [2.05, 4.69) is 10.2 Å². The number of piperidine rings is 1. The molecule has 23 heavy (non-hydrogen) atoms. The molecule has 2 saturated heterocycles. The van der Waals surface area contributed by atoms with Gasteiger partial charge in [-0.25, -0.2) is 8.42 Å². The van der Waals surface area contributed by atoms with Crippen LogP contribution in [-0.4, -0.2) is 55.9 Å². The van der Waals surface area contributed by atoms with Gasteiger partial charge in [0.25, 0.3) is 0 Å². The molecule has 2 aliphatic heterocycles. The average Bonchev–Trinajstić information content (AvgIpc) is 2.74. The Morgan fingerprint density at radius 2 is 1.57 bits per heavy atom. The third-order valence-electron chi connectivity index (χ3n) is 5.83. The molecule has 0 bridgehead atoms. The number of amides is 1. The molecule has 2 heterocycles. The van der Waals surface area contributed by atoms with E-state index in [-0.39, 0.29) is 17.9 Å². The molecule has 1 aliphatic carbocycles. The molecule has 0 spiro atoms. The Kier molecular flexibility index (Phi) is 5.62. The van der Waals surface area contributed by atoms with Crippen LogP contribution in [0.5, 0.6) is 0 Å². The molecular formula is C17H30N2O3S. The molecule has 0 radical (unpaired) electrons. The molecule has 1 amide bonds. The normalized spacial score (nSPS) is 30.9. The molecule has 1 N–H and O–H groups in total. The lowest BCUT2D eigenvalue weighted by molar-refractivity contribution is -0.127. The number of hydrogen-bond acceptors (Lipinski definition) is 4. The van der Waals surface area contributed by atoms with Gasteiger partial charge in [0, 0.05) is 18.0 Å². The first-order valence-corrected chi connectivity index (χ1v) is 11.1. The van der Waals surface area contributed by atoms with E-state index < -0.39 is 9.84 Å². The number of nitrogens with zero attached hydrogens (tertiary/aromatic N) is 1. The summed E-state index contributed by atoms with van der Waals surface area (Å²) in [7, 11) is -2.82. The maximum absolute atomic E-state index is 12.5. The molecule has 3 rings (SSSR count). The average molecular weight is 343 g/mol. The molecule has 0 unspecified atom stereocenters. The predicted molar refractivity (Wildman–Crippen MR) is 91.0 cm³/mol. The van der Waals surface area contributed by atoms with Crippen LogP contribution in [0.4, 0.5) is 0 Å². The molecular weight excluding hydrogens is 312 g/mol. The molecule has 1 saturated carbocycles. The zero-order valence-electron chi connectivity index (χ0n) is 14.0. The van der Waals surface area contributed by atoms with Gasteiger partial charge in [-0.2, -0.15) is 0 Å². The van der Waals surface area contributed by atoms with Crippen molar-refractivity contribution in [2.45, 2.75) is 69.9 Å². The van der Waals surface area contributed by atoms with Gasteiger partial charge in [0.2, 0.25) is 5.91 Å². The van der Waals surface area contributed by atoms with Crippen LogP contribution in [-0.2, 0) is 14.6 Å². The zero-order valence-corrected chi connectivity index (χ0v) is 14.8. The highest BCUT2D eigenvalue weighted by atomic mass is 32.2. The van der Waals surface area contributed by atoms with E-state index >= 15 is 0 Å². The standard InChI is InChI=1S/C17H30N2O3S/c20-17(18-15-5-3-1-2-4-6-15)14-7-10-19(11-8-14)16-9-12-23(21,22)13-16/h14-16H,1-13H2,(H,18,20)/t16-/m0/s1. The van der Waals surface area contributed by atoms with Gasteiger partial charge in [-0.1, -0.05) is 25.7 Å². The van der Waals surface area contributed by atoms with Gasteiger partial charge >= 0.3 is 0 Å². The Hall–Kier alpha value is -0.620. The van der Waals surface area contributed by atoms with Gasteiger partial charge in [0.1, 0.15) is 0 Å². The second-order valence-electron chi connectivity index (χ2n) is 7.56. The van der Waals surface area contributed by atoms with Gasteiger partial charge < -0.3 is 5.32 Å². The summed E-state index contributed by atoms with van der Waals surface area (Å²) in [6.07, 6.45) is 9.84. The molecule has 0 aromatic carbocycles. The third kappa shape index (κ3) is 4.69. The van der Waals surface area contributed by atoms with Crippen molar-refractivity contribution in [2.75, 3.05) is 24.6 Å². The second-order valence-corrected chi connectivity index (χ2v) is 9.79. The van der Waals surface area contributed by atoms with E-state index in [9.17, 15) is 13.2 Å². The molecule has 5 nitrogen and oxygen atoms in total. The topological polar surface area (TPSA) is 66.5 Å². The first-order valence-electron chi connectivity index (χ1n) is 9.28. The van der Waals surface area contributed by atoms with E-state index in [0.717, 1.165) is 45.2 Å². The van der Waals surface area contributed by atoms with Crippen LogP contribution >= 0.6 is 0 Å². The number of sulfone groups is 1. The van der Waals surface area contributed by atoms with E-state index in [1.54, 1.807) is 0 Å². The van der Waals surface area contributed by atoms with E-state index in [0.29, 0.717) is 17.5 Å². The fourth-order valence-electron chi connectivity index (χ4n) is 4.33. The van der Waals surface area contributed by atoms with Crippen LogP contribution in [0.3, 0.4) is 0 Å². The van der Waals surface area contributed by atoms with Crippen molar-refractivity contribution in [2.24, 2.45) is 5.92 Å². The molecule has 3 fully saturated rings. The van der Waals surface area contributed by atoms with Gasteiger partial charge in [-0.15, -0.1) is 0 Å². The molecule has 0 aromatic heterocycles. The Morgan fingerprint density at radius 1 is 0.913 bits per heavy atom. The minimum absolute atomic E-state index is 0.118. The first kappa shape index (κ1) is 17.2. The number of likely N-dealkylation sites (tertiary alicyclic amines) is 1. The number of rotatable bonds is 3. The van der Waals surface area contributed by atoms with Crippen LogP contribution in [0, 0.1) is 5.92 Å². The molecule has 1 atom stereocenters. The van der Waals surface area contributed by atoms with Crippen molar-refractivity contribution in [1.29, 1.82) is 0 Å². The Bertz CT molecular complexity index is 504. The lowest BCUT2D eigenvalue weighted by atomic mass is 9.94. The quantitative estimate of drug-likeness (QED) is 0.793. The highest BCUT2D eigenvalue weighted by molar-refractivity contribution is 7.91. The van der Waals surface area contributed by atoms with Crippen molar-refractivity contribution in [1.82, 2.24) is 10.2 Å². The van der Waals surface area contributed by atoms with Crippen LogP contribution in [0.15, 0.2) is 0 Å². The Labute approximate surface area is 140 Å². The molecule has 0 aromatic rings. The highest BCUT2D eigenvalue weighted by Gasteiger charge is 2.35. The van der Waals surface area contributed by atoms with Crippen LogP contribution < -0.4 is 5.32 Å². The second kappa shape index (κ2) is 7.51. The minimum Gasteiger partial charge on any atom is -0.353 e. The zero-order chi connectivity index (χ0) is 16.3. The number of hydrogen-bond donors (Lipinski definition) is 1. The lowest BCUT2D eigenvalue weighted by Gasteiger charge is -2.35. The minimum atomic E-state index is -2.82. The van der Waals surface area contributed by atoms with Gasteiger partial charge in [0.15, 0.2) is 9.84 Å². The largest absolute Gasteiger partial charge is 0.353 e. The smallest absolute Gasteiger partial charge is 0.223 e. The van der Waals surface area contributed by atoms with Crippen molar-refractivity contribution >= 4 is 15.7 Å². The fourth-order valence-corrected chi connectivity index (χ4v) is 6.09. The predicted octanol–water partition coefficient (Wildman–Crippen LogP) is 1.72. The summed E-state index contributed by atoms with van der Waals surface area (Å²) in [6, 6.07) is 0.564.